The number of nitrogens with zero attached hydrogens (tertiary/aromatic N) is 4. The van der Waals surface area contributed by atoms with E-state index in [1.54, 1.807) is 17.0 Å². The minimum absolute atomic E-state index is 0.0913. The van der Waals surface area contributed by atoms with Gasteiger partial charge < -0.3 is 14.5 Å². The number of para-hydroxylation sites is 1. The molecule has 4 rings (SSSR count). The van der Waals surface area contributed by atoms with E-state index in [1.807, 2.05) is 12.1 Å². The smallest absolute Gasteiger partial charge is 0.260 e. The summed E-state index contributed by atoms with van der Waals surface area (Å²) in [6.45, 7) is 6.42. The first kappa shape index (κ1) is 20.8. The molecule has 3 aromatic rings. The number of piperazine rings is 1. The first-order chi connectivity index (χ1) is 15.0. The van der Waals surface area contributed by atoms with Crippen LogP contribution in [0.1, 0.15) is 11.1 Å². The summed E-state index contributed by atoms with van der Waals surface area (Å²) in [7, 11) is 0. The molecule has 0 aliphatic carbocycles. The number of carbonyl (C=O) groups excluding carboxylic acids is 1. The first-order valence-corrected chi connectivity index (χ1v) is 10.3. The van der Waals surface area contributed by atoms with Crippen molar-refractivity contribution >= 4 is 11.7 Å². The van der Waals surface area contributed by atoms with Crippen molar-refractivity contribution in [2.45, 2.75) is 13.8 Å². The minimum atomic E-state index is -0.470. The maximum absolute atomic E-state index is 13.6. The summed E-state index contributed by atoms with van der Waals surface area (Å²) in [5.41, 5.74) is 4.36. The van der Waals surface area contributed by atoms with Gasteiger partial charge in [0, 0.05) is 31.7 Å². The van der Waals surface area contributed by atoms with Crippen LogP contribution in [0, 0.1) is 19.7 Å². The lowest BCUT2D eigenvalue weighted by molar-refractivity contribution is -0.133. The number of hydrogen-bond acceptors (Lipinski definition) is 5. The van der Waals surface area contributed by atoms with Crippen LogP contribution in [0.2, 0.25) is 0 Å². The Morgan fingerprint density at radius 3 is 2.42 bits per heavy atom. The lowest BCUT2D eigenvalue weighted by atomic mass is 10.0. The highest BCUT2D eigenvalue weighted by Gasteiger charge is 2.22. The van der Waals surface area contributed by atoms with Crippen LogP contribution in [-0.4, -0.2) is 53.8 Å². The van der Waals surface area contributed by atoms with Crippen molar-refractivity contribution in [3.8, 4) is 17.0 Å². The van der Waals surface area contributed by atoms with Crippen molar-refractivity contribution < 1.29 is 13.9 Å². The predicted octanol–water partition coefficient (Wildman–Crippen LogP) is 3.63. The average molecular weight is 420 g/mol. The number of benzene rings is 2. The zero-order valence-electron chi connectivity index (χ0n) is 17.7. The molecule has 0 spiro atoms. The van der Waals surface area contributed by atoms with Gasteiger partial charge in [0.15, 0.2) is 24.0 Å². The van der Waals surface area contributed by atoms with Gasteiger partial charge in [-0.15, -0.1) is 10.2 Å². The van der Waals surface area contributed by atoms with E-state index in [-0.39, 0.29) is 18.3 Å². The third-order valence-corrected chi connectivity index (χ3v) is 5.60. The van der Waals surface area contributed by atoms with Crippen molar-refractivity contribution in [2.75, 3.05) is 37.7 Å². The third kappa shape index (κ3) is 4.82. The van der Waals surface area contributed by atoms with Gasteiger partial charge in [0.1, 0.15) is 0 Å². The molecule has 0 N–H and O–H groups in total. The van der Waals surface area contributed by atoms with Crippen LogP contribution in [0.4, 0.5) is 10.2 Å². The summed E-state index contributed by atoms with van der Waals surface area (Å²) in [4.78, 5) is 16.3. The van der Waals surface area contributed by atoms with Gasteiger partial charge in [-0.1, -0.05) is 24.3 Å². The summed E-state index contributed by atoms with van der Waals surface area (Å²) >= 11 is 0. The summed E-state index contributed by atoms with van der Waals surface area (Å²) in [5, 5.41) is 8.79. The van der Waals surface area contributed by atoms with Crippen LogP contribution in [0.25, 0.3) is 11.3 Å². The molecule has 1 saturated heterocycles. The molecular formula is C24H25FN4O2. The van der Waals surface area contributed by atoms with Gasteiger partial charge in [-0.2, -0.15) is 0 Å². The predicted molar refractivity (Wildman–Crippen MR) is 118 cm³/mol. The van der Waals surface area contributed by atoms with Gasteiger partial charge in [0.05, 0.1) is 5.69 Å². The number of amides is 1. The number of ether oxygens (including phenoxy) is 1. The highest BCUT2D eigenvalue weighted by atomic mass is 19.1. The van der Waals surface area contributed by atoms with E-state index in [1.165, 1.54) is 23.3 Å². The van der Waals surface area contributed by atoms with Gasteiger partial charge in [0.2, 0.25) is 0 Å². The molecule has 7 heteroatoms. The fourth-order valence-electron chi connectivity index (χ4n) is 3.53. The normalized spacial score (nSPS) is 13.9. The first-order valence-electron chi connectivity index (χ1n) is 10.3. The Kier molecular flexibility index (Phi) is 6.11. The summed E-state index contributed by atoms with van der Waals surface area (Å²) in [5.74, 6) is 0.262. The Bertz CT molecular complexity index is 1060. The Balaban J connectivity index is 1.31. The monoisotopic (exact) mass is 420 g/mol. The summed E-state index contributed by atoms with van der Waals surface area (Å²) in [6, 6.07) is 16.3. The molecule has 1 aromatic heterocycles. The second-order valence-electron chi connectivity index (χ2n) is 7.66. The van der Waals surface area contributed by atoms with Crippen LogP contribution in [-0.2, 0) is 4.79 Å². The molecule has 1 fully saturated rings. The fourth-order valence-corrected chi connectivity index (χ4v) is 3.53. The van der Waals surface area contributed by atoms with E-state index in [0.717, 1.165) is 17.1 Å². The highest BCUT2D eigenvalue weighted by Crippen LogP contribution is 2.22. The number of halogens is 1. The minimum Gasteiger partial charge on any atom is -0.481 e. The molecule has 1 aliphatic rings. The van der Waals surface area contributed by atoms with Crippen LogP contribution < -0.4 is 9.64 Å². The van der Waals surface area contributed by atoms with Crippen molar-refractivity contribution in [1.82, 2.24) is 15.1 Å². The Morgan fingerprint density at radius 2 is 1.74 bits per heavy atom. The van der Waals surface area contributed by atoms with Crippen molar-refractivity contribution in [3.05, 3.63) is 71.5 Å². The Labute approximate surface area is 181 Å². The van der Waals surface area contributed by atoms with Gasteiger partial charge >= 0.3 is 0 Å². The van der Waals surface area contributed by atoms with Crippen molar-refractivity contribution in [1.29, 1.82) is 0 Å². The molecular weight excluding hydrogens is 395 g/mol. The zero-order chi connectivity index (χ0) is 21.8. The number of hydrogen-bond donors (Lipinski definition) is 0. The average Bonchev–Trinajstić information content (AvgIpc) is 2.80. The lowest BCUT2D eigenvalue weighted by Crippen LogP contribution is -2.50. The number of anilines is 1. The molecule has 0 radical (unpaired) electrons. The number of carbonyl (C=O) groups is 1. The molecule has 0 unspecified atom stereocenters. The maximum atomic E-state index is 13.6. The number of aromatic nitrogens is 2. The largest absolute Gasteiger partial charge is 0.481 e. The van der Waals surface area contributed by atoms with Gasteiger partial charge in [-0.05, 0) is 55.3 Å². The van der Waals surface area contributed by atoms with E-state index in [0.29, 0.717) is 26.2 Å². The Morgan fingerprint density at radius 1 is 0.968 bits per heavy atom. The number of rotatable bonds is 5. The second kappa shape index (κ2) is 9.12. The van der Waals surface area contributed by atoms with Crippen LogP contribution >= 0.6 is 0 Å². The second-order valence-corrected chi connectivity index (χ2v) is 7.66. The molecule has 0 saturated carbocycles. The zero-order valence-corrected chi connectivity index (χ0v) is 17.7. The van der Waals surface area contributed by atoms with Gasteiger partial charge in [-0.25, -0.2) is 4.39 Å². The quantitative estimate of drug-likeness (QED) is 0.631. The highest BCUT2D eigenvalue weighted by molar-refractivity contribution is 5.78. The molecule has 0 bridgehead atoms. The molecule has 0 atom stereocenters. The van der Waals surface area contributed by atoms with E-state index < -0.39 is 5.82 Å². The SMILES string of the molecule is Cc1ccc(-c2ccc(N3CCN(C(=O)COc4ccccc4F)CC3)nn2)cc1C. The van der Waals surface area contributed by atoms with Gasteiger partial charge in [-0.3, -0.25) is 4.79 Å². The molecule has 6 nitrogen and oxygen atoms in total. The molecule has 160 valence electrons. The molecule has 31 heavy (non-hydrogen) atoms. The molecule has 2 heterocycles. The molecule has 1 amide bonds. The van der Waals surface area contributed by atoms with E-state index in [4.69, 9.17) is 4.74 Å². The third-order valence-electron chi connectivity index (χ3n) is 5.60. The van der Waals surface area contributed by atoms with Crippen LogP contribution in [0.3, 0.4) is 0 Å². The maximum Gasteiger partial charge on any atom is 0.260 e. The van der Waals surface area contributed by atoms with Crippen LogP contribution in [0.5, 0.6) is 5.75 Å². The van der Waals surface area contributed by atoms with E-state index in [9.17, 15) is 9.18 Å². The summed E-state index contributed by atoms with van der Waals surface area (Å²) in [6.07, 6.45) is 0. The molecule has 1 aliphatic heterocycles. The summed E-state index contributed by atoms with van der Waals surface area (Å²) < 4.78 is 19.0. The van der Waals surface area contributed by atoms with Crippen molar-refractivity contribution in [3.63, 3.8) is 0 Å². The molecule has 2 aromatic carbocycles. The fraction of sp³-hybridized carbons (Fsp3) is 0.292. The lowest BCUT2D eigenvalue weighted by Gasteiger charge is -2.35. The van der Waals surface area contributed by atoms with Crippen molar-refractivity contribution in [2.24, 2.45) is 0 Å². The van der Waals surface area contributed by atoms with E-state index >= 15 is 0 Å². The standard InChI is InChI=1S/C24H25FN4O2/c1-17-7-8-19(15-18(17)2)21-9-10-23(27-26-21)28-11-13-29(14-12-28)24(30)16-31-22-6-4-3-5-20(22)25/h3-10,15H,11-14,16H2,1-2H3. The Hall–Kier alpha value is -3.48. The van der Waals surface area contributed by atoms with E-state index in [2.05, 4.69) is 47.1 Å². The topological polar surface area (TPSA) is 58.6 Å². The van der Waals surface area contributed by atoms with Gasteiger partial charge in [0.25, 0.3) is 5.91 Å². The number of aryl methyl sites for hydroxylation is 2. The van der Waals surface area contributed by atoms with Crippen LogP contribution in [0.15, 0.2) is 54.6 Å².